The van der Waals surface area contributed by atoms with Crippen molar-refractivity contribution in [3.05, 3.63) is 28.3 Å². The molecule has 0 aliphatic carbocycles. The van der Waals surface area contributed by atoms with Crippen molar-refractivity contribution in [3.63, 3.8) is 0 Å². The predicted molar refractivity (Wildman–Crippen MR) is 50.0 cm³/mol. The van der Waals surface area contributed by atoms with Crippen LogP contribution in [0.2, 0.25) is 0 Å². The van der Waals surface area contributed by atoms with E-state index in [1.807, 2.05) is 20.8 Å². The van der Waals surface area contributed by atoms with Gasteiger partial charge in [0, 0.05) is 5.56 Å². The van der Waals surface area contributed by atoms with Crippen LogP contribution in [0.25, 0.3) is 0 Å². The van der Waals surface area contributed by atoms with Gasteiger partial charge in [0.1, 0.15) is 6.26 Å². The summed E-state index contributed by atoms with van der Waals surface area (Å²) in [7, 11) is 0. The molecule has 0 atom stereocenters. The zero-order chi connectivity index (χ0) is 10.1. The van der Waals surface area contributed by atoms with E-state index in [4.69, 9.17) is 9.52 Å². The van der Waals surface area contributed by atoms with E-state index >= 15 is 0 Å². The van der Waals surface area contributed by atoms with Crippen molar-refractivity contribution in [1.29, 1.82) is 0 Å². The van der Waals surface area contributed by atoms with Crippen LogP contribution in [0.3, 0.4) is 0 Å². The molecule has 0 fully saturated rings. The molecule has 1 aromatic rings. The normalized spacial score (nSPS) is 11.6. The van der Waals surface area contributed by atoms with Crippen LogP contribution in [-0.4, -0.2) is 5.11 Å². The molecule has 72 valence electrons. The summed E-state index contributed by atoms with van der Waals surface area (Å²) in [6.45, 7) is 5.88. The minimum atomic E-state index is -0.335. The topological polar surface area (TPSA) is 50.4 Å². The average molecular weight is 182 g/mol. The van der Waals surface area contributed by atoms with Crippen molar-refractivity contribution in [2.24, 2.45) is 0 Å². The van der Waals surface area contributed by atoms with Crippen LogP contribution in [-0.2, 0) is 5.41 Å². The summed E-state index contributed by atoms with van der Waals surface area (Å²) in [5.41, 5.74) is -0.0626. The molecular weight excluding hydrogens is 168 g/mol. The summed E-state index contributed by atoms with van der Waals surface area (Å²) in [4.78, 5) is 11.5. The maximum atomic E-state index is 11.5. The third kappa shape index (κ3) is 1.74. The van der Waals surface area contributed by atoms with Gasteiger partial charge in [-0.3, -0.25) is 4.79 Å². The van der Waals surface area contributed by atoms with Gasteiger partial charge in [-0.15, -0.1) is 0 Å². The van der Waals surface area contributed by atoms with E-state index < -0.39 is 0 Å². The van der Waals surface area contributed by atoms with Gasteiger partial charge in [-0.1, -0.05) is 20.8 Å². The molecule has 1 aromatic heterocycles. The van der Waals surface area contributed by atoms with Gasteiger partial charge in [0.15, 0.2) is 5.75 Å². The highest BCUT2D eigenvalue weighted by Crippen LogP contribution is 2.24. The minimum absolute atomic E-state index is 0.251. The Kier molecular flexibility index (Phi) is 2.45. The second-order valence-electron chi connectivity index (χ2n) is 3.74. The summed E-state index contributed by atoms with van der Waals surface area (Å²) in [5, 5.41) is 9.15. The second-order valence-corrected chi connectivity index (χ2v) is 3.74. The lowest BCUT2D eigenvalue weighted by molar-refractivity contribution is 0.406. The molecule has 0 unspecified atom stereocenters. The van der Waals surface area contributed by atoms with Crippen molar-refractivity contribution in [2.75, 3.05) is 0 Å². The molecule has 0 amide bonds. The van der Waals surface area contributed by atoms with Crippen LogP contribution in [0.4, 0.5) is 0 Å². The number of aromatic hydroxyl groups is 1. The molecule has 0 aromatic carbocycles. The first-order valence-corrected chi connectivity index (χ1v) is 4.29. The quantitative estimate of drug-likeness (QED) is 0.761. The van der Waals surface area contributed by atoms with Gasteiger partial charge in [-0.25, -0.2) is 0 Å². The monoisotopic (exact) mass is 182 g/mol. The lowest BCUT2D eigenvalue weighted by atomic mass is 9.83. The number of hydrogen-bond donors (Lipinski definition) is 1. The fraction of sp³-hybridized carbons (Fsp3) is 0.500. The van der Waals surface area contributed by atoms with E-state index in [0.29, 0.717) is 5.56 Å². The number of hydrogen-bond acceptors (Lipinski definition) is 3. The van der Waals surface area contributed by atoms with E-state index in [1.165, 1.54) is 6.26 Å². The van der Waals surface area contributed by atoms with Crippen LogP contribution in [0.5, 0.6) is 5.75 Å². The van der Waals surface area contributed by atoms with Crippen LogP contribution in [0.15, 0.2) is 21.7 Å². The molecule has 13 heavy (non-hydrogen) atoms. The highest BCUT2D eigenvalue weighted by molar-refractivity contribution is 5.26. The SMILES string of the molecule is CCC(C)(C)c1cocc(O)c1=O. The van der Waals surface area contributed by atoms with Gasteiger partial charge in [0.05, 0.1) is 6.26 Å². The van der Waals surface area contributed by atoms with Crippen LogP contribution >= 0.6 is 0 Å². The summed E-state index contributed by atoms with van der Waals surface area (Å²) < 4.78 is 4.86. The highest BCUT2D eigenvalue weighted by atomic mass is 16.3. The highest BCUT2D eigenvalue weighted by Gasteiger charge is 2.23. The van der Waals surface area contributed by atoms with E-state index in [-0.39, 0.29) is 16.6 Å². The fourth-order valence-electron chi connectivity index (χ4n) is 1.07. The zero-order valence-electron chi connectivity index (χ0n) is 8.13. The van der Waals surface area contributed by atoms with Gasteiger partial charge in [0.25, 0.3) is 0 Å². The second kappa shape index (κ2) is 3.24. The first-order valence-electron chi connectivity index (χ1n) is 4.29. The molecule has 3 heteroatoms. The van der Waals surface area contributed by atoms with Crippen molar-refractivity contribution in [2.45, 2.75) is 32.6 Å². The maximum Gasteiger partial charge on any atom is 0.230 e. The lowest BCUT2D eigenvalue weighted by Crippen LogP contribution is -2.24. The van der Waals surface area contributed by atoms with E-state index in [1.54, 1.807) is 0 Å². The Morgan fingerprint density at radius 1 is 1.46 bits per heavy atom. The number of rotatable bonds is 2. The first-order chi connectivity index (χ1) is 5.99. The molecule has 3 nitrogen and oxygen atoms in total. The Hall–Kier alpha value is -1.25. The molecular formula is C10H14O3. The predicted octanol–water partition coefficient (Wildman–Crippen LogP) is 2.03. The molecule has 0 aliphatic heterocycles. The van der Waals surface area contributed by atoms with Crippen molar-refractivity contribution >= 4 is 0 Å². The van der Waals surface area contributed by atoms with Crippen LogP contribution in [0.1, 0.15) is 32.8 Å². The molecule has 0 radical (unpaired) electrons. The third-order valence-corrected chi connectivity index (χ3v) is 2.46. The van der Waals surface area contributed by atoms with Gasteiger partial charge in [-0.05, 0) is 11.8 Å². The van der Waals surface area contributed by atoms with E-state index in [0.717, 1.165) is 12.7 Å². The van der Waals surface area contributed by atoms with Crippen LogP contribution in [0, 0.1) is 0 Å². The Labute approximate surface area is 77.0 Å². The van der Waals surface area contributed by atoms with E-state index in [2.05, 4.69) is 0 Å². The van der Waals surface area contributed by atoms with Crippen LogP contribution < -0.4 is 5.43 Å². The summed E-state index contributed by atoms with van der Waals surface area (Å²) in [6, 6.07) is 0. The molecule has 1 rings (SSSR count). The smallest absolute Gasteiger partial charge is 0.230 e. The molecule has 0 saturated heterocycles. The average Bonchev–Trinajstić information content (AvgIpc) is 2.09. The minimum Gasteiger partial charge on any atom is -0.502 e. The van der Waals surface area contributed by atoms with Gasteiger partial charge in [0.2, 0.25) is 5.43 Å². The molecule has 0 saturated carbocycles. The first kappa shape index (κ1) is 9.84. The zero-order valence-corrected chi connectivity index (χ0v) is 8.13. The third-order valence-electron chi connectivity index (χ3n) is 2.46. The van der Waals surface area contributed by atoms with Gasteiger partial charge >= 0.3 is 0 Å². The van der Waals surface area contributed by atoms with Crippen molar-refractivity contribution in [3.8, 4) is 5.75 Å². The summed E-state index contributed by atoms with van der Waals surface area (Å²) >= 11 is 0. The summed E-state index contributed by atoms with van der Waals surface area (Å²) in [6.07, 6.45) is 3.28. The molecule has 1 N–H and O–H groups in total. The van der Waals surface area contributed by atoms with Crippen molar-refractivity contribution < 1.29 is 9.52 Å². The van der Waals surface area contributed by atoms with Gasteiger partial charge in [-0.2, -0.15) is 0 Å². The lowest BCUT2D eigenvalue weighted by Gasteiger charge is -2.21. The standard InChI is InChI=1S/C10H14O3/c1-4-10(2,3)7-5-13-6-8(11)9(7)12/h5-6,11H,4H2,1-3H3. The van der Waals surface area contributed by atoms with Crippen molar-refractivity contribution in [1.82, 2.24) is 0 Å². The largest absolute Gasteiger partial charge is 0.502 e. The Morgan fingerprint density at radius 3 is 2.62 bits per heavy atom. The van der Waals surface area contributed by atoms with Gasteiger partial charge < -0.3 is 9.52 Å². The summed E-state index contributed by atoms with van der Waals surface area (Å²) in [5.74, 6) is -0.320. The fourth-order valence-corrected chi connectivity index (χ4v) is 1.07. The Morgan fingerprint density at radius 2 is 2.08 bits per heavy atom. The Bertz CT molecular complexity index is 349. The molecule has 0 aliphatic rings. The molecule has 1 heterocycles. The Balaban J connectivity index is 3.31. The molecule has 0 bridgehead atoms. The molecule has 0 spiro atoms. The van der Waals surface area contributed by atoms with E-state index in [9.17, 15) is 4.79 Å². The maximum absolute atomic E-state index is 11.5.